The first-order chi connectivity index (χ1) is 17.6. The summed E-state index contributed by atoms with van der Waals surface area (Å²) in [6, 6.07) is 12.0. The number of halogens is 1. The number of para-hydroxylation sites is 1. The van der Waals surface area contributed by atoms with Gasteiger partial charge < -0.3 is 9.88 Å². The van der Waals surface area contributed by atoms with E-state index < -0.39 is 5.82 Å². The fraction of sp³-hybridized carbons (Fsp3) is 0.370. The van der Waals surface area contributed by atoms with Crippen molar-refractivity contribution < 1.29 is 9.18 Å². The van der Waals surface area contributed by atoms with E-state index in [1.165, 1.54) is 6.07 Å². The monoisotopic (exact) mass is 486 g/mol. The van der Waals surface area contributed by atoms with E-state index in [4.69, 9.17) is 0 Å². The molecule has 6 rings (SSSR count). The van der Waals surface area contributed by atoms with Crippen molar-refractivity contribution in [1.82, 2.24) is 24.3 Å². The number of amides is 1. The van der Waals surface area contributed by atoms with E-state index in [0.29, 0.717) is 34.5 Å². The van der Waals surface area contributed by atoms with E-state index in [0.717, 1.165) is 50.9 Å². The zero-order valence-electron chi connectivity index (χ0n) is 19.9. The van der Waals surface area contributed by atoms with Gasteiger partial charge in [0.25, 0.3) is 5.56 Å². The number of benzene rings is 2. The summed E-state index contributed by atoms with van der Waals surface area (Å²) >= 11 is 0. The van der Waals surface area contributed by atoms with Gasteiger partial charge in [0, 0.05) is 37.4 Å². The van der Waals surface area contributed by atoms with Crippen molar-refractivity contribution in [1.29, 1.82) is 0 Å². The van der Waals surface area contributed by atoms with E-state index in [1.807, 2.05) is 18.2 Å². The Morgan fingerprint density at radius 2 is 1.94 bits per heavy atom. The molecule has 1 N–H and O–H groups in total. The molecular formula is C27H27FN6O2. The summed E-state index contributed by atoms with van der Waals surface area (Å²) in [5.41, 5.74) is 1.38. The fourth-order valence-electron chi connectivity index (χ4n) is 4.97. The Balaban J connectivity index is 1.21. The Bertz CT molecular complexity index is 1520. The summed E-state index contributed by atoms with van der Waals surface area (Å²) in [5, 5.41) is 12.0. The topological polar surface area (TPSA) is 94.7 Å². The highest BCUT2D eigenvalue weighted by molar-refractivity contribution is 5.91. The minimum absolute atomic E-state index is 0.0651. The highest BCUT2D eigenvalue weighted by atomic mass is 19.1. The first-order valence-electron chi connectivity index (χ1n) is 12.6. The quantitative estimate of drug-likeness (QED) is 0.435. The van der Waals surface area contributed by atoms with Gasteiger partial charge in [-0.3, -0.25) is 14.2 Å². The van der Waals surface area contributed by atoms with Crippen LogP contribution in [-0.2, 0) is 24.2 Å². The minimum atomic E-state index is -0.513. The molecule has 2 aromatic heterocycles. The third-order valence-corrected chi connectivity index (χ3v) is 6.98. The molecule has 1 fully saturated rings. The first kappa shape index (κ1) is 22.6. The van der Waals surface area contributed by atoms with Crippen LogP contribution >= 0.6 is 0 Å². The summed E-state index contributed by atoms with van der Waals surface area (Å²) in [7, 11) is 0. The molecule has 0 radical (unpaired) electrons. The SMILES string of the molecule is O=C(CCc1nc2ccccc2c(=O)n1C1CC1)Nc1cc(-c2nnc3n2CCCCC3)ccc1F. The Kier molecular flexibility index (Phi) is 5.83. The smallest absolute Gasteiger partial charge is 0.261 e. The van der Waals surface area contributed by atoms with Crippen LogP contribution in [0.15, 0.2) is 47.3 Å². The molecule has 1 saturated carbocycles. The zero-order valence-corrected chi connectivity index (χ0v) is 19.9. The van der Waals surface area contributed by atoms with Gasteiger partial charge in [-0.05, 0) is 56.0 Å². The Hall–Kier alpha value is -3.88. The van der Waals surface area contributed by atoms with E-state index in [1.54, 1.807) is 22.8 Å². The largest absolute Gasteiger partial charge is 0.324 e. The number of anilines is 1. The zero-order chi connectivity index (χ0) is 24.6. The van der Waals surface area contributed by atoms with Gasteiger partial charge in [0.05, 0.1) is 16.6 Å². The highest BCUT2D eigenvalue weighted by Gasteiger charge is 2.28. The van der Waals surface area contributed by atoms with E-state index in [-0.39, 0.29) is 29.6 Å². The summed E-state index contributed by atoms with van der Waals surface area (Å²) in [6.45, 7) is 0.832. The first-order valence-corrected chi connectivity index (χ1v) is 12.6. The Morgan fingerprint density at radius 1 is 1.08 bits per heavy atom. The second kappa shape index (κ2) is 9.29. The van der Waals surface area contributed by atoms with Gasteiger partial charge in [-0.1, -0.05) is 18.6 Å². The summed E-state index contributed by atoms with van der Waals surface area (Å²) < 4.78 is 18.5. The predicted octanol–water partition coefficient (Wildman–Crippen LogP) is 4.43. The number of hydrogen-bond donors (Lipinski definition) is 1. The second-order valence-corrected chi connectivity index (χ2v) is 9.60. The van der Waals surface area contributed by atoms with Gasteiger partial charge in [0.2, 0.25) is 5.91 Å². The molecule has 0 saturated heterocycles. The normalized spacial score (nSPS) is 15.5. The summed E-state index contributed by atoms with van der Waals surface area (Å²) in [4.78, 5) is 30.6. The number of aromatic nitrogens is 5. The average molecular weight is 487 g/mol. The van der Waals surface area contributed by atoms with Crippen molar-refractivity contribution in [3.8, 4) is 11.4 Å². The molecule has 1 aliphatic carbocycles. The number of nitrogens with one attached hydrogen (secondary N) is 1. The molecule has 2 aliphatic rings. The lowest BCUT2D eigenvalue weighted by atomic mass is 10.1. The molecule has 3 heterocycles. The molecular weight excluding hydrogens is 459 g/mol. The summed E-state index contributed by atoms with van der Waals surface area (Å²) in [5.74, 6) is 1.38. The van der Waals surface area contributed by atoms with Crippen LogP contribution in [0, 0.1) is 5.82 Å². The van der Waals surface area contributed by atoms with E-state index >= 15 is 0 Å². The molecule has 4 aromatic rings. The van der Waals surface area contributed by atoms with Crippen LogP contribution in [-0.4, -0.2) is 30.2 Å². The number of carbonyl (C=O) groups is 1. The van der Waals surface area contributed by atoms with Crippen molar-refractivity contribution >= 4 is 22.5 Å². The average Bonchev–Trinajstić information content (AvgIpc) is 3.68. The molecule has 0 spiro atoms. The number of aryl methyl sites for hydroxylation is 2. The maximum absolute atomic E-state index is 14.6. The lowest BCUT2D eigenvalue weighted by Crippen LogP contribution is -2.25. The molecule has 0 bridgehead atoms. The van der Waals surface area contributed by atoms with Gasteiger partial charge >= 0.3 is 0 Å². The van der Waals surface area contributed by atoms with Crippen molar-refractivity contribution in [2.75, 3.05) is 5.32 Å². The summed E-state index contributed by atoms with van der Waals surface area (Å²) in [6.07, 6.45) is 6.41. The van der Waals surface area contributed by atoms with Crippen LogP contribution in [0.5, 0.6) is 0 Å². The van der Waals surface area contributed by atoms with Crippen LogP contribution < -0.4 is 10.9 Å². The molecule has 2 aromatic carbocycles. The molecule has 36 heavy (non-hydrogen) atoms. The van der Waals surface area contributed by atoms with Crippen LogP contribution in [0.2, 0.25) is 0 Å². The molecule has 1 amide bonds. The van der Waals surface area contributed by atoms with Crippen molar-refractivity contribution in [2.24, 2.45) is 0 Å². The predicted molar refractivity (Wildman–Crippen MR) is 134 cm³/mol. The number of carbonyl (C=O) groups excluding carboxylic acids is 1. The molecule has 184 valence electrons. The second-order valence-electron chi connectivity index (χ2n) is 9.60. The molecule has 8 nitrogen and oxygen atoms in total. The molecule has 0 atom stereocenters. The van der Waals surface area contributed by atoms with Crippen LogP contribution in [0.3, 0.4) is 0 Å². The van der Waals surface area contributed by atoms with Crippen molar-refractivity contribution in [2.45, 2.75) is 64.0 Å². The third-order valence-electron chi connectivity index (χ3n) is 6.98. The maximum atomic E-state index is 14.6. The fourth-order valence-corrected chi connectivity index (χ4v) is 4.97. The van der Waals surface area contributed by atoms with Crippen LogP contribution in [0.25, 0.3) is 22.3 Å². The number of hydrogen-bond acceptors (Lipinski definition) is 5. The molecule has 1 aliphatic heterocycles. The molecule has 9 heteroatoms. The van der Waals surface area contributed by atoms with Gasteiger partial charge in [-0.2, -0.15) is 0 Å². The van der Waals surface area contributed by atoms with Gasteiger partial charge in [0.1, 0.15) is 17.5 Å². The lowest BCUT2D eigenvalue weighted by molar-refractivity contribution is -0.116. The van der Waals surface area contributed by atoms with Crippen molar-refractivity contribution in [3.05, 3.63) is 70.3 Å². The lowest BCUT2D eigenvalue weighted by Gasteiger charge is -2.13. The Labute approximate surface area is 207 Å². The number of fused-ring (bicyclic) bond motifs is 2. The van der Waals surface area contributed by atoms with E-state index in [9.17, 15) is 14.0 Å². The highest BCUT2D eigenvalue weighted by Crippen LogP contribution is 2.35. The third kappa shape index (κ3) is 4.29. The van der Waals surface area contributed by atoms with Crippen LogP contribution in [0.4, 0.5) is 10.1 Å². The van der Waals surface area contributed by atoms with Gasteiger partial charge in [0.15, 0.2) is 5.82 Å². The van der Waals surface area contributed by atoms with Gasteiger partial charge in [-0.25, -0.2) is 9.37 Å². The standard InChI is InChI=1S/C27H27FN6O2/c28-20-12-9-17(26-32-31-24-8-2-1-5-15-33(24)26)16-22(20)30-25(35)14-13-23-29-21-7-4-3-6-19(21)27(36)34(23)18-10-11-18/h3-4,6-7,9,12,16,18H,1-2,5,8,10-11,13-15H2,(H,30,35). The van der Waals surface area contributed by atoms with E-state index in [2.05, 4.69) is 25.1 Å². The Morgan fingerprint density at radius 3 is 2.81 bits per heavy atom. The minimum Gasteiger partial charge on any atom is -0.324 e. The van der Waals surface area contributed by atoms with Crippen molar-refractivity contribution in [3.63, 3.8) is 0 Å². The van der Waals surface area contributed by atoms with Crippen LogP contribution in [0.1, 0.15) is 56.2 Å². The van der Waals surface area contributed by atoms with Gasteiger partial charge in [-0.15, -0.1) is 10.2 Å². The number of nitrogens with zero attached hydrogens (tertiary/aromatic N) is 5. The number of rotatable bonds is 6. The maximum Gasteiger partial charge on any atom is 0.261 e. The molecule has 0 unspecified atom stereocenters.